The highest BCUT2D eigenvalue weighted by atomic mass is 16.3. The first-order valence-corrected chi connectivity index (χ1v) is 6.49. The highest BCUT2D eigenvalue weighted by Crippen LogP contribution is 2.28. The van der Waals surface area contributed by atoms with Crippen molar-refractivity contribution in [2.45, 2.75) is 25.6 Å². The number of nitrogens with one attached hydrogen (secondary N) is 1. The minimum absolute atomic E-state index is 0.0458. The minimum atomic E-state index is -0.748. The van der Waals surface area contributed by atoms with Crippen LogP contribution in [0.3, 0.4) is 0 Å². The van der Waals surface area contributed by atoms with Crippen LogP contribution in [0.1, 0.15) is 13.3 Å². The Hall–Kier alpha value is -0.680. The number of hydrogen-bond donors (Lipinski definition) is 3. The van der Waals surface area contributed by atoms with Crippen LogP contribution in [0, 0.1) is 5.92 Å². The Bertz CT molecular complexity index is 313. The van der Waals surface area contributed by atoms with Crippen LogP contribution in [0.4, 0.5) is 0 Å². The molecule has 4 nitrogen and oxygen atoms in total. The van der Waals surface area contributed by atoms with Gasteiger partial charge in [0.2, 0.25) is 0 Å². The maximum absolute atomic E-state index is 10.0. The van der Waals surface area contributed by atoms with E-state index in [2.05, 4.69) is 16.8 Å². The molecular weight excluding hydrogens is 228 g/mol. The van der Waals surface area contributed by atoms with Gasteiger partial charge < -0.3 is 20.4 Å². The lowest BCUT2D eigenvalue weighted by atomic mass is 9.81. The van der Waals surface area contributed by atoms with Crippen LogP contribution in [0.15, 0.2) is 23.8 Å². The first-order chi connectivity index (χ1) is 8.43. The number of allylic oxidation sites excluding steroid dienone is 1. The third-order valence-electron chi connectivity index (χ3n) is 3.51. The van der Waals surface area contributed by atoms with E-state index in [1.54, 1.807) is 0 Å². The van der Waals surface area contributed by atoms with E-state index in [0.29, 0.717) is 6.54 Å². The molecule has 104 valence electrons. The zero-order valence-corrected chi connectivity index (χ0v) is 11.7. The SMILES string of the molecule is C=C(CNCCN(C)C)[C@@H]1CC=C(C)[C@@H](O)[C@@H]1O. The van der Waals surface area contributed by atoms with E-state index < -0.39 is 12.2 Å². The molecular formula is C14H26N2O2. The lowest BCUT2D eigenvalue weighted by Crippen LogP contribution is -2.40. The third-order valence-corrected chi connectivity index (χ3v) is 3.51. The molecule has 0 saturated heterocycles. The molecule has 1 aliphatic carbocycles. The fourth-order valence-corrected chi connectivity index (χ4v) is 2.15. The number of aliphatic hydroxyl groups excluding tert-OH is 2. The predicted molar refractivity (Wildman–Crippen MR) is 74.4 cm³/mol. The number of aliphatic hydroxyl groups is 2. The molecule has 0 spiro atoms. The first kappa shape index (κ1) is 15.4. The fraction of sp³-hybridized carbons (Fsp3) is 0.714. The van der Waals surface area contributed by atoms with E-state index in [0.717, 1.165) is 30.7 Å². The molecule has 0 aliphatic heterocycles. The van der Waals surface area contributed by atoms with E-state index in [4.69, 9.17) is 0 Å². The van der Waals surface area contributed by atoms with Crippen molar-refractivity contribution in [3.05, 3.63) is 23.8 Å². The Morgan fingerprint density at radius 2 is 2.17 bits per heavy atom. The van der Waals surface area contributed by atoms with Gasteiger partial charge in [-0.05, 0) is 33.0 Å². The molecule has 3 N–H and O–H groups in total. The highest BCUT2D eigenvalue weighted by molar-refractivity contribution is 5.20. The van der Waals surface area contributed by atoms with Crippen LogP contribution < -0.4 is 5.32 Å². The summed E-state index contributed by atoms with van der Waals surface area (Å²) in [6.07, 6.45) is 1.28. The maximum Gasteiger partial charge on any atom is 0.101 e. The predicted octanol–water partition coefficient (Wildman–Crippen LogP) is 0.382. The molecule has 0 radical (unpaired) electrons. The first-order valence-electron chi connectivity index (χ1n) is 6.49. The smallest absolute Gasteiger partial charge is 0.101 e. The van der Waals surface area contributed by atoms with E-state index in [1.807, 2.05) is 27.1 Å². The molecule has 0 fully saturated rings. The van der Waals surface area contributed by atoms with E-state index in [1.165, 1.54) is 0 Å². The summed E-state index contributed by atoms with van der Waals surface area (Å²) in [6.45, 7) is 8.44. The maximum atomic E-state index is 10.0. The highest BCUT2D eigenvalue weighted by Gasteiger charge is 2.31. The molecule has 1 aliphatic rings. The molecule has 0 amide bonds. The molecule has 3 atom stereocenters. The molecule has 0 aromatic heterocycles. The van der Waals surface area contributed by atoms with Crippen LogP contribution in [0.5, 0.6) is 0 Å². The second-order valence-electron chi connectivity index (χ2n) is 5.36. The average molecular weight is 254 g/mol. The largest absolute Gasteiger partial charge is 0.389 e. The number of hydrogen-bond acceptors (Lipinski definition) is 4. The van der Waals surface area contributed by atoms with Crippen molar-refractivity contribution in [2.75, 3.05) is 33.7 Å². The van der Waals surface area contributed by atoms with E-state index >= 15 is 0 Å². The molecule has 0 unspecified atom stereocenters. The van der Waals surface area contributed by atoms with Crippen LogP contribution in [0.25, 0.3) is 0 Å². The molecule has 1 rings (SSSR count). The zero-order valence-electron chi connectivity index (χ0n) is 11.7. The Kier molecular flexibility index (Phi) is 6.02. The monoisotopic (exact) mass is 254 g/mol. The second kappa shape index (κ2) is 7.04. The van der Waals surface area contributed by atoms with Gasteiger partial charge in [0.15, 0.2) is 0 Å². The van der Waals surface area contributed by atoms with Gasteiger partial charge in [-0.3, -0.25) is 0 Å². The van der Waals surface area contributed by atoms with Crippen molar-refractivity contribution in [1.29, 1.82) is 0 Å². The van der Waals surface area contributed by atoms with Crippen LogP contribution in [-0.4, -0.2) is 61.1 Å². The quantitative estimate of drug-likeness (QED) is 0.474. The van der Waals surface area contributed by atoms with Crippen molar-refractivity contribution in [1.82, 2.24) is 10.2 Å². The topological polar surface area (TPSA) is 55.7 Å². The van der Waals surface area contributed by atoms with Gasteiger partial charge in [0.25, 0.3) is 0 Å². The number of likely N-dealkylation sites (N-methyl/N-ethyl adjacent to an activating group) is 1. The van der Waals surface area contributed by atoms with E-state index in [9.17, 15) is 10.2 Å². The Balaban J connectivity index is 2.38. The normalized spacial score (nSPS) is 28.3. The second-order valence-corrected chi connectivity index (χ2v) is 5.36. The third kappa shape index (κ3) is 4.21. The molecule has 0 aromatic carbocycles. The average Bonchev–Trinajstić information content (AvgIpc) is 2.31. The Labute approximate surface area is 110 Å². The van der Waals surface area contributed by atoms with Gasteiger partial charge in [-0.25, -0.2) is 0 Å². The molecule has 0 heterocycles. The molecule has 4 heteroatoms. The van der Waals surface area contributed by atoms with Crippen molar-refractivity contribution in [3.8, 4) is 0 Å². The summed E-state index contributed by atoms with van der Waals surface area (Å²) in [6, 6.07) is 0. The summed E-state index contributed by atoms with van der Waals surface area (Å²) < 4.78 is 0. The van der Waals surface area contributed by atoms with Gasteiger partial charge in [-0.15, -0.1) is 0 Å². The van der Waals surface area contributed by atoms with E-state index in [-0.39, 0.29) is 5.92 Å². The van der Waals surface area contributed by atoms with Crippen LogP contribution in [0.2, 0.25) is 0 Å². The van der Waals surface area contributed by atoms with Crippen molar-refractivity contribution >= 4 is 0 Å². The van der Waals surface area contributed by atoms with Crippen molar-refractivity contribution in [3.63, 3.8) is 0 Å². The summed E-state index contributed by atoms with van der Waals surface area (Å²) in [5.74, 6) is -0.0458. The fourth-order valence-electron chi connectivity index (χ4n) is 2.15. The van der Waals surface area contributed by atoms with Gasteiger partial charge in [0.05, 0.1) is 6.10 Å². The van der Waals surface area contributed by atoms with Gasteiger partial charge in [-0.2, -0.15) is 0 Å². The van der Waals surface area contributed by atoms with Crippen LogP contribution in [-0.2, 0) is 0 Å². The summed E-state index contributed by atoms with van der Waals surface area (Å²) in [4.78, 5) is 2.11. The van der Waals surface area contributed by atoms with Crippen molar-refractivity contribution in [2.24, 2.45) is 5.92 Å². The lowest BCUT2D eigenvalue weighted by molar-refractivity contribution is 0.00562. The standard InChI is InChI=1S/C14H26N2O2/c1-10-5-6-12(14(18)13(10)17)11(2)9-15-7-8-16(3)4/h5,12-15,17-18H,2,6-9H2,1,3-4H3/t12-,13+,14+/m0/s1. The zero-order chi connectivity index (χ0) is 13.7. The number of nitrogens with zero attached hydrogens (tertiary/aromatic N) is 1. The number of rotatable bonds is 6. The Morgan fingerprint density at radius 1 is 1.50 bits per heavy atom. The Morgan fingerprint density at radius 3 is 2.78 bits per heavy atom. The summed E-state index contributed by atoms with van der Waals surface area (Å²) in [7, 11) is 4.07. The summed E-state index contributed by atoms with van der Waals surface area (Å²) in [5, 5.41) is 23.2. The molecule has 18 heavy (non-hydrogen) atoms. The van der Waals surface area contributed by atoms with Gasteiger partial charge >= 0.3 is 0 Å². The van der Waals surface area contributed by atoms with Gasteiger partial charge in [-0.1, -0.05) is 18.2 Å². The summed E-state index contributed by atoms with van der Waals surface area (Å²) >= 11 is 0. The molecule has 0 saturated carbocycles. The van der Waals surface area contributed by atoms with Crippen LogP contribution >= 0.6 is 0 Å². The molecule has 0 aromatic rings. The summed E-state index contributed by atoms with van der Waals surface area (Å²) in [5.41, 5.74) is 1.82. The lowest BCUT2D eigenvalue weighted by Gasteiger charge is -2.32. The van der Waals surface area contributed by atoms with Gasteiger partial charge in [0.1, 0.15) is 6.10 Å². The molecule has 0 bridgehead atoms. The van der Waals surface area contributed by atoms with Crippen molar-refractivity contribution < 1.29 is 10.2 Å². The minimum Gasteiger partial charge on any atom is -0.389 e. The van der Waals surface area contributed by atoms with Gasteiger partial charge in [0, 0.05) is 25.6 Å².